The van der Waals surface area contributed by atoms with Crippen molar-refractivity contribution in [1.82, 2.24) is 10.6 Å². The second-order valence-corrected chi connectivity index (χ2v) is 3.94. The van der Waals surface area contributed by atoms with Gasteiger partial charge >= 0.3 is 0 Å². The molecule has 0 saturated carbocycles. The van der Waals surface area contributed by atoms with Gasteiger partial charge in [-0.2, -0.15) is 0 Å². The van der Waals surface area contributed by atoms with Crippen molar-refractivity contribution < 1.29 is 9.53 Å². The van der Waals surface area contributed by atoms with Gasteiger partial charge in [0.25, 0.3) is 0 Å². The Labute approximate surface area is 95.0 Å². The van der Waals surface area contributed by atoms with Crippen molar-refractivity contribution in [2.45, 2.75) is 19.0 Å². The molecule has 2 rings (SSSR count). The summed E-state index contributed by atoms with van der Waals surface area (Å²) in [6, 6.07) is 8.17. The van der Waals surface area contributed by atoms with Crippen LogP contribution < -0.4 is 15.4 Å². The SMILES string of the molecule is COc1cccc(CNC2CNC(=O)C2)c1. The summed E-state index contributed by atoms with van der Waals surface area (Å²) in [5.74, 6) is 0.989. The molecule has 1 atom stereocenters. The average molecular weight is 220 g/mol. The Morgan fingerprint density at radius 2 is 2.44 bits per heavy atom. The Kier molecular flexibility index (Phi) is 3.41. The molecule has 16 heavy (non-hydrogen) atoms. The van der Waals surface area contributed by atoms with Crippen molar-refractivity contribution in [3.05, 3.63) is 29.8 Å². The number of hydrogen-bond donors (Lipinski definition) is 2. The molecule has 4 nitrogen and oxygen atoms in total. The maximum atomic E-state index is 11.0. The van der Waals surface area contributed by atoms with Gasteiger partial charge in [-0.15, -0.1) is 0 Å². The monoisotopic (exact) mass is 220 g/mol. The van der Waals surface area contributed by atoms with Crippen molar-refractivity contribution in [3.8, 4) is 5.75 Å². The van der Waals surface area contributed by atoms with Gasteiger partial charge in [0.05, 0.1) is 7.11 Å². The predicted molar refractivity (Wildman–Crippen MR) is 61.2 cm³/mol. The number of carbonyl (C=O) groups is 1. The zero-order chi connectivity index (χ0) is 11.4. The van der Waals surface area contributed by atoms with E-state index in [4.69, 9.17) is 4.74 Å². The van der Waals surface area contributed by atoms with E-state index in [2.05, 4.69) is 10.6 Å². The van der Waals surface area contributed by atoms with E-state index in [1.54, 1.807) is 7.11 Å². The first-order chi connectivity index (χ1) is 7.78. The molecule has 1 aromatic rings. The first kappa shape index (κ1) is 11.0. The minimum absolute atomic E-state index is 0.128. The van der Waals surface area contributed by atoms with E-state index in [-0.39, 0.29) is 11.9 Å². The van der Waals surface area contributed by atoms with E-state index in [9.17, 15) is 4.79 Å². The second kappa shape index (κ2) is 4.99. The maximum Gasteiger partial charge on any atom is 0.221 e. The summed E-state index contributed by atoms with van der Waals surface area (Å²) in [4.78, 5) is 11.0. The number of hydrogen-bond acceptors (Lipinski definition) is 3. The number of nitrogens with one attached hydrogen (secondary N) is 2. The smallest absolute Gasteiger partial charge is 0.221 e. The Bertz CT molecular complexity index is 379. The Hall–Kier alpha value is -1.55. The van der Waals surface area contributed by atoms with Gasteiger partial charge in [0.2, 0.25) is 5.91 Å². The van der Waals surface area contributed by atoms with Crippen LogP contribution in [0.5, 0.6) is 5.75 Å². The largest absolute Gasteiger partial charge is 0.497 e. The van der Waals surface area contributed by atoms with Crippen LogP contribution in [0.25, 0.3) is 0 Å². The molecule has 1 aliphatic rings. The van der Waals surface area contributed by atoms with E-state index < -0.39 is 0 Å². The van der Waals surface area contributed by atoms with Gasteiger partial charge < -0.3 is 15.4 Å². The molecule has 1 aromatic carbocycles. The lowest BCUT2D eigenvalue weighted by Crippen LogP contribution is -2.30. The van der Waals surface area contributed by atoms with E-state index >= 15 is 0 Å². The summed E-state index contributed by atoms with van der Waals surface area (Å²) in [5, 5.41) is 6.14. The normalized spacial score (nSPS) is 19.6. The second-order valence-electron chi connectivity index (χ2n) is 3.94. The third-order valence-electron chi connectivity index (χ3n) is 2.71. The molecule has 0 spiro atoms. The Balaban J connectivity index is 1.87. The first-order valence-corrected chi connectivity index (χ1v) is 5.41. The highest BCUT2D eigenvalue weighted by molar-refractivity contribution is 5.78. The molecule has 0 radical (unpaired) electrons. The predicted octanol–water partition coefficient (Wildman–Crippen LogP) is 0.673. The molecule has 1 heterocycles. The molecule has 0 aromatic heterocycles. The molecule has 86 valence electrons. The highest BCUT2D eigenvalue weighted by atomic mass is 16.5. The maximum absolute atomic E-state index is 11.0. The van der Waals surface area contributed by atoms with Crippen molar-refractivity contribution in [1.29, 1.82) is 0 Å². The van der Waals surface area contributed by atoms with Crippen LogP contribution in [0.2, 0.25) is 0 Å². The van der Waals surface area contributed by atoms with Crippen LogP contribution in [-0.4, -0.2) is 25.6 Å². The fraction of sp³-hybridized carbons (Fsp3) is 0.417. The molecule has 1 fully saturated rings. The molecule has 0 aliphatic carbocycles. The van der Waals surface area contributed by atoms with Gasteiger partial charge in [-0.05, 0) is 17.7 Å². The minimum Gasteiger partial charge on any atom is -0.497 e. The van der Waals surface area contributed by atoms with Crippen molar-refractivity contribution in [2.24, 2.45) is 0 Å². The van der Waals surface area contributed by atoms with Gasteiger partial charge in [0.15, 0.2) is 0 Å². The molecule has 1 saturated heterocycles. The highest BCUT2D eigenvalue weighted by Crippen LogP contribution is 2.12. The fourth-order valence-electron chi connectivity index (χ4n) is 1.79. The summed E-state index contributed by atoms with van der Waals surface area (Å²) >= 11 is 0. The quantitative estimate of drug-likeness (QED) is 0.784. The molecule has 1 amide bonds. The first-order valence-electron chi connectivity index (χ1n) is 5.41. The molecule has 1 unspecified atom stereocenters. The zero-order valence-electron chi connectivity index (χ0n) is 9.32. The number of methoxy groups -OCH3 is 1. The van der Waals surface area contributed by atoms with Crippen LogP contribution in [0.3, 0.4) is 0 Å². The summed E-state index contributed by atoms with van der Waals surface area (Å²) < 4.78 is 5.15. The summed E-state index contributed by atoms with van der Waals surface area (Å²) in [6.45, 7) is 1.49. The van der Waals surface area contributed by atoms with E-state index in [1.165, 1.54) is 5.56 Å². The van der Waals surface area contributed by atoms with Gasteiger partial charge in [0, 0.05) is 25.6 Å². The number of benzene rings is 1. The molecule has 4 heteroatoms. The molecule has 1 aliphatic heterocycles. The van der Waals surface area contributed by atoms with Crippen molar-refractivity contribution >= 4 is 5.91 Å². The lowest BCUT2D eigenvalue weighted by Gasteiger charge is -2.10. The third-order valence-corrected chi connectivity index (χ3v) is 2.71. The third kappa shape index (κ3) is 2.73. The van der Waals surface area contributed by atoms with Gasteiger partial charge in [-0.1, -0.05) is 12.1 Å². The molecule has 2 N–H and O–H groups in total. The van der Waals surface area contributed by atoms with Crippen LogP contribution in [0, 0.1) is 0 Å². The number of amides is 1. The van der Waals surface area contributed by atoms with Crippen LogP contribution in [0.4, 0.5) is 0 Å². The average Bonchev–Trinajstić information content (AvgIpc) is 2.73. The molecule has 0 bridgehead atoms. The van der Waals surface area contributed by atoms with Gasteiger partial charge in [-0.3, -0.25) is 4.79 Å². The number of ether oxygens (including phenoxy) is 1. The van der Waals surface area contributed by atoms with Crippen LogP contribution in [0.1, 0.15) is 12.0 Å². The van der Waals surface area contributed by atoms with Crippen LogP contribution in [0.15, 0.2) is 24.3 Å². The lowest BCUT2D eigenvalue weighted by atomic mass is 10.2. The van der Waals surface area contributed by atoms with Crippen molar-refractivity contribution in [2.75, 3.05) is 13.7 Å². The molecular formula is C12H16N2O2. The summed E-state index contributed by atoms with van der Waals surface area (Å²) in [5.41, 5.74) is 1.17. The van der Waals surface area contributed by atoms with Crippen LogP contribution >= 0.6 is 0 Å². The fourth-order valence-corrected chi connectivity index (χ4v) is 1.79. The van der Waals surface area contributed by atoms with Crippen molar-refractivity contribution in [3.63, 3.8) is 0 Å². The van der Waals surface area contributed by atoms with E-state index in [0.717, 1.165) is 18.8 Å². The van der Waals surface area contributed by atoms with E-state index in [0.29, 0.717) is 6.42 Å². The topological polar surface area (TPSA) is 50.4 Å². The van der Waals surface area contributed by atoms with Crippen LogP contribution in [-0.2, 0) is 11.3 Å². The summed E-state index contributed by atoms with van der Waals surface area (Å²) in [7, 11) is 1.66. The lowest BCUT2D eigenvalue weighted by molar-refractivity contribution is -0.119. The highest BCUT2D eigenvalue weighted by Gasteiger charge is 2.20. The van der Waals surface area contributed by atoms with E-state index in [1.807, 2.05) is 24.3 Å². The van der Waals surface area contributed by atoms with Gasteiger partial charge in [-0.25, -0.2) is 0 Å². The van der Waals surface area contributed by atoms with Gasteiger partial charge in [0.1, 0.15) is 5.75 Å². The standard InChI is InChI=1S/C12H16N2O2/c1-16-11-4-2-3-9(5-11)7-13-10-6-12(15)14-8-10/h2-5,10,13H,6-8H2,1H3,(H,14,15). The zero-order valence-corrected chi connectivity index (χ0v) is 9.32. The summed E-state index contributed by atoms with van der Waals surface area (Å²) in [6.07, 6.45) is 0.573. The number of carbonyl (C=O) groups excluding carboxylic acids is 1. The Morgan fingerprint density at radius 3 is 3.12 bits per heavy atom. The Morgan fingerprint density at radius 1 is 1.56 bits per heavy atom. The minimum atomic E-state index is 0.128. The number of rotatable bonds is 4. The molecular weight excluding hydrogens is 204 g/mol.